The predicted molar refractivity (Wildman–Crippen MR) is 139 cm³/mol. The highest BCUT2D eigenvalue weighted by molar-refractivity contribution is 5.89. The van der Waals surface area contributed by atoms with E-state index >= 15 is 0 Å². The van der Waals surface area contributed by atoms with Gasteiger partial charge in [-0.1, -0.05) is 12.1 Å². The lowest BCUT2D eigenvalue weighted by molar-refractivity contribution is -0.198. The van der Waals surface area contributed by atoms with Crippen molar-refractivity contribution in [2.75, 3.05) is 0 Å². The van der Waals surface area contributed by atoms with Crippen LogP contribution in [0.4, 0.5) is 0 Å². The zero-order valence-corrected chi connectivity index (χ0v) is 21.1. The second kappa shape index (κ2) is 11.7. The number of carbonyl (C=O) groups is 3. The lowest BCUT2D eigenvalue weighted by Crippen LogP contribution is -2.60. The monoisotopic (exact) mass is 555 g/mol. The van der Waals surface area contributed by atoms with Crippen LogP contribution in [0, 0.1) is 0 Å². The maximum absolute atomic E-state index is 12.7. The first kappa shape index (κ1) is 28.5. The Morgan fingerprint density at radius 2 is 1.32 bits per heavy atom. The van der Waals surface area contributed by atoms with Crippen molar-refractivity contribution in [1.29, 1.82) is 0 Å². The average molecular weight is 556 g/mol. The molecule has 4 rings (SSSR count). The van der Waals surface area contributed by atoms with E-state index in [1.54, 1.807) is 0 Å². The van der Waals surface area contributed by atoms with Gasteiger partial charge in [-0.05, 0) is 60.4 Å². The van der Waals surface area contributed by atoms with Crippen molar-refractivity contribution < 1.29 is 54.5 Å². The van der Waals surface area contributed by atoms with E-state index in [1.165, 1.54) is 48.6 Å². The number of aliphatic hydroxyl groups is 2. The van der Waals surface area contributed by atoms with Crippen LogP contribution in [0.25, 0.3) is 12.2 Å². The van der Waals surface area contributed by atoms with Crippen LogP contribution in [0.5, 0.6) is 23.0 Å². The van der Waals surface area contributed by atoms with Crippen LogP contribution in [-0.2, 0) is 23.9 Å². The first-order chi connectivity index (χ1) is 18.9. The van der Waals surface area contributed by atoms with Crippen LogP contribution in [0.15, 0.2) is 48.6 Å². The molecule has 0 radical (unpaired) electrons. The fourth-order valence-electron chi connectivity index (χ4n) is 4.22. The molecule has 1 amide bonds. The quantitative estimate of drug-likeness (QED) is 0.140. The van der Waals surface area contributed by atoms with Crippen molar-refractivity contribution in [3.63, 3.8) is 0 Å². The Kier molecular flexibility index (Phi) is 8.31. The number of aromatic hydroxyl groups is 4. The lowest BCUT2D eigenvalue weighted by atomic mass is 9.78. The number of phenolic OH excluding ortho intramolecular Hbond substituents is 4. The number of nitrogens with one attached hydrogen (secondary N) is 1. The van der Waals surface area contributed by atoms with Crippen molar-refractivity contribution in [2.45, 2.75) is 55.6 Å². The van der Waals surface area contributed by atoms with Crippen molar-refractivity contribution in [2.24, 2.45) is 0 Å². The number of hydrogen-bond donors (Lipinski definition) is 7. The molecule has 0 spiro atoms. The Labute approximate surface area is 228 Å². The van der Waals surface area contributed by atoms with Gasteiger partial charge in [-0.3, -0.25) is 4.79 Å². The molecular formula is C28H29NO11. The topological polar surface area (TPSA) is 203 Å². The zero-order chi connectivity index (χ0) is 29.0. The fourth-order valence-corrected chi connectivity index (χ4v) is 4.22. The summed E-state index contributed by atoms with van der Waals surface area (Å²) in [5.41, 5.74) is -1.39. The molecule has 212 valence electrons. The van der Waals surface area contributed by atoms with Gasteiger partial charge in [-0.2, -0.15) is 0 Å². The summed E-state index contributed by atoms with van der Waals surface area (Å²) in [7, 11) is 0. The molecule has 0 unspecified atom stereocenters. The van der Waals surface area contributed by atoms with Gasteiger partial charge in [0, 0.05) is 31.0 Å². The number of hydrogen-bond acceptors (Lipinski definition) is 11. The Balaban J connectivity index is 1.50. The summed E-state index contributed by atoms with van der Waals surface area (Å²) in [6.07, 6.45) is 0.698. The van der Waals surface area contributed by atoms with Gasteiger partial charge in [0.2, 0.25) is 0 Å². The molecule has 12 nitrogen and oxygen atoms in total. The van der Waals surface area contributed by atoms with Gasteiger partial charge in [-0.25, -0.2) is 9.59 Å². The Hall–Kier alpha value is -4.55. The molecule has 0 heterocycles. The Bertz CT molecular complexity index is 1350. The number of aliphatic hydroxyl groups excluding tert-OH is 1. The van der Waals surface area contributed by atoms with Crippen molar-refractivity contribution in [3.05, 3.63) is 59.7 Å². The standard InChI is InChI=1S/C28H29NO11/c30-18-7-1-15(11-20(18)32)3-9-24(35)39-23-14-28(38,27(37)29-17-5-6-17)13-22(34)26(23)40-25(36)10-4-16-2-8-19(31)21(33)12-16/h1-4,7-12,17,22-23,26,30-34,38H,5-6,13-14H2,(H,29,37)/t22-,23-,26-,28+/m1/s1. The highest BCUT2D eigenvalue weighted by atomic mass is 16.6. The molecule has 40 heavy (non-hydrogen) atoms. The second-order valence-electron chi connectivity index (χ2n) is 9.79. The third-order valence-electron chi connectivity index (χ3n) is 6.51. The van der Waals surface area contributed by atoms with E-state index in [0.29, 0.717) is 11.1 Å². The first-order valence-electron chi connectivity index (χ1n) is 12.5. The van der Waals surface area contributed by atoms with E-state index in [0.717, 1.165) is 25.0 Å². The summed E-state index contributed by atoms with van der Waals surface area (Å²) >= 11 is 0. The van der Waals surface area contributed by atoms with Crippen LogP contribution >= 0.6 is 0 Å². The first-order valence-corrected chi connectivity index (χ1v) is 12.5. The molecule has 0 aliphatic heterocycles. The largest absolute Gasteiger partial charge is 0.504 e. The summed E-state index contributed by atoms with van der Waals surface area (Å²) in [4.78, 5) is 37.9. The highest BCUT2D eigenvalue weighted by Gasteiger charge is 2.52. The van der Waals surface area contributed by atoms with E-state index < -0.39 is 66.1 Å². The van der Waals surface area contributed by atoms with Gasteiger partial charge in [0.15, 0.2) is 29.1 Å². The van der Waals surface area contributed by atoms with Crippen molar-refractivity contribution in [1.82, 2.24) is 5.32 Å². The fraction of sp³-hybridized carbons (Fsp3) is 0.321. The number of phenols is 4. The third kappa shape index (κ3) is 7.10. The predicted octanol–water partition coefficient (Wildman–Crippen LogP) is 1.22. The molecule has 0 aromatic heterocycles. The average Bonchev–Trinajstić information content (AvgIpc) is 3.71. The van der Waals surface area contributed by atoms with E-state index in [-0.39, 0.29) is 17.5 Å². The molecule has 2 aliphatic rings. The van der Waals surface area contributed by atoms with Crippen LogP contribution in [0.3, 0.4) is 0 Å². The summed E-state index contributed by atoms with van der Waals surface area (Å²) < 4.78 is 10.8. The maximum atomic E-state index is 12.7. The van der Waals surface area contributed by atoms with E-state index in [9.17, 15) is 45.0 Å². The molecule has 0 bridgehead atoms. The molecule has 2 saturated carbocycles. The van der Waals surface area contributed by atoms with Crippen LogP contribution in [0.2, 0.25) is 0 Å². The van der Waals surface area contributed by atoms with Gasteiger partial charge in [0.05, 0.1) is 6.10 Å². The number of esters is 2. The zero-order valence-electron chi connectivity index (χ0n) is 21.1. The van der Waals surface area contributed by atoms with E-state index in [2.05, 4.69) is 5.32 Å². The smallest absolute Gasteiger partial charge is 0.331 e. The Morgan fingerprint density at radius 3 is 1.82 bits per heavy atom. The summed E-state index contributed by atoms with van der Waals surface area (Å²) in [5.74, 6) is -4.12. The summed E-state index contributed by atoms with van der Waals surface area (Å²) in [6, 6.07) is 7.62. The minimum atomic E-state index is -2.10. The SMILES string of the molecule is O=C(C=Cc1ccc(O)c(O)c1)O[C@@H]1[C@H](O)C[C@@](O)(C(=O)NC2CC2)C[C@H]1OC(=O)C=Cc1ccc(O)c(O)c1. The molecule has 12 heteroatoms. The molecule has 7 N–H and O–H groups in total. The third-order valence-corrected chi connectivity index (χ3v) is 6.51. The minimum absolute atomic E-state index is 0.0839. The van der Waals surface area contributed by atoms with Gasteiger partial charge < -0.3 is 45.4 Å². The molecule has 2 aromatic rings. The van der Waals surface area contributed by atoms with Gasteiger partial charge >= 0.3 is 11.9 Å². The van der Waals surface area contributed by atoms with Crippen LogP contribution < -0.4 is 5.32 Å². The van der Waals surface area contributed by atoms with Crippen molar-refractivity contribution >= 4 is 30.0 Å². The number of carbonyl (C=O) groups excluding carboxylic acids is 3. The summed E-state index contributed by atoms with van der Waals surface area (Å²) in [6.45, 7) is 0. The van der Waals surface area contributed by atoms with E-state index in [4.69, 9.17) is 9.47 Å². The van der Waals surface area contributed by atoms with Crippen LogP contribution in [0.1, 0.15) is 36.8 Å². The van der Waals surface area contributed by atoms with Crippen LogP contribution in [-0.4, -0.2) is 78.4 Å². The normalized spacial score (nSPS) is 24.6. The Morgan fingerprint density at radius 1 is 0.800 bits per heavy atom. The van der Waals surface area contributed by atoms with Gasteiger partial charge in [-0.15, -0.1) is 0 Å². The molecule has 0 saturated heterocycles. The molecule has 2 fully saturated rings. The van der Waals surface area contributed by atoms with Gasteiger partial charge in [0.1, 0.15) is 11.7 Å². The number of rotatable bonds is 8. The van der Waals surface area contributed by atoms with Gasteiger partial charge in [0.25, 0.3) is 5.91 Å². The minimum Gasteiger partial charge on any atom is -0.504 e. The molecule has 4 atom stereocenters. The van der Waals surface area contributed by atoms with E-state index in [1.807, 2.05) is 0 Å². The highest BCUT2D eigenvalue weighted by Crippen LogP contribution is 2.34. The number of benzene rings is 2. The molecule has 2 aromatic carbocycles. The molecule has 2 aliphatic carbocycles. The maximum Gasteiger partial charge on any atom is 0.331 e. The lowest BCUT2D eigenvalue weighted by Gasteiger charge is -2.41. The summed E-state index contributed by atoms with van der Waals surface area (Å²) in [5, 5.41) is 62.6. The second-order valence-corrected chi connectivity index (χ2v) is 9.79. The number of amides is 1. The van der Waals surface area contributed by atoms with Crippen molar-refractivity contribution in [3.8, 4) is 23.0 Å². The number of ether oxygens (including phenoxy) is 2. The molecular weight excluding hydrogens is 526 g/mol.